The molecule has 154 valence electrons. The smallest absolute Gasteiger partial charge is 0.240 e. The van der Waals surface area contributed by atoms with E-state index in [1.165, 1.54) is 4.90 Å². The van der Waals surface area contributed by atoms with Gasteiger partial charge in [-0.15, -0.1) is 23.2 Å². The number of carbonyl (C=O) groups excluding carboxylic acids is 2. The van der Waals surface area contributed by atoms with Gasteiger partial charge in [-0.3, -0.25) is 9.59 Å². The number of nitrogens with zero attached hydrogens (tertiary/aromatic N) is 1. The third-order valence-corrected chi connectivity index (χ3v) is 9.26. The van der Waals surface area contributed by atoms with E-state index in [2.05, 4.69) is 15.9 Å². The van der Waals surface area contributed by atoms with Crippen molar-refractivity contribution in [1.29, 1.82) is 0 Å². The first-order valence-electron chi connectivity index (χ1n) is 9.72. The van der Waals surface area contributed by atoms with E-state index in [-0.39, 0.29) is 11.8 Å². The summed E-state index contributed by atoms with van der Waals surface area (Å²) in [5.74, 6) is -2.38. The van der Waals surface area contributed by atoms with Crippen molar-refractivity contribution in [3.05, 3.63) is 98.5 Å². The Hall–Kier alpha value is -1.85. The Labute approximate surface area is 202 Å². The van der Waals surface area contributed by atoms with E-state index in [0.717, 1.165) is 22.3 Å². The summed E-state index contributed by atoms with van der Waals surface area (Å²) in [5.41, 5.74) is 3.53. The van der Waals surface area contributed by atoms with Crippen LogP contribution in [-0.2, 0) is 19.3 Å². The highest BCUT2D eigenvalue weighted by Gasteiger charge is 2.73. The highest BCUT2D eigenvalue weighted by Crippen LogP contribution is 2.69. The second-order valence-corrected chi connectivity index (χ2v) is 10.5. The average Bonchev–Trinajstić information content (AvgIpc) is 3.05. The Morgan fingerprint density at radius 3 is 1.55 bits per heavy atom. The lowest BCUT2D eigenvalue weighted by atomic mass is 9.54. The van der Waals surface area contributed by atoms with Gasteiger partial charge < -0.3 is 0 Å². The van der Waals surface area contributed by atoms with Crippen LogP contribution in [0, 0.1) is 11.8 Å². The molecule has 0 radical (unpaired) electrons. The van der Waals surface area contributed by atoms with Gasteiger partial charge >= 0.3 is 0 Å². The van der Waals surface area contributed by atoms with Crippen LogP contribution < -0.4 is 4.90 Å². The maximum absolute atomic E-state index is 13.8. The van der Waals surface area contributed by atoms with Crippen LogP contribution in [0.15, 0.2) is 71.2 Å². The van der Waals surface area contributed by atoms with Gasteiger partial charge in [0, 0.05) is 4.47 Å². The normalized spacial score (nSPS) is 30.3. The second kappa shape index (κ2) is 6.35. The maximum atomic E-state index is 13.8. The molecule has 3 nitrogen and oxygen atoms in total. The molecular weight excluding hydrogens is 521 g/mol. The molecule has 31 heavy (non-hydrogen) atoms. The number of alkyl halides is 2. The molecule has 0 spiro atoms. The summed E-state index contributed by atoms with van der Waals surface area (Å²) in [4.78, 5) is 26.4. The fourth-order valence-electron chi connectivity index (χ4n) is 5.55. The van der Waals surface area contributed by atoms with Crippen LogP contribution >= 0.6 is 50.7 Å². The Morgan fingerprint density at radius 1 is 0.742 bits per heavy atom. The molecule has 7 heteroatoms. The van der Waals surface area contributed by atoms with E-state index in [0.29, 0.717) is 15.2 Å². The fraction of sp³-hybridized carbons (Fsp3) is 0.167. The monoisotopic (exact) mass is 531 g/mol. The molecule has 1 aliphatic heterocycles. The second-order valence-electron chi connectivity index (χ2n) is 8.08. The van der Waals surface area contributed by atoms with E-state index < -0.39 is 21.6 Å². The minimum atomic E-state index is -1.19. The third kappa shape index (κ3) is 2.22. The first kappa shape index (κ1) is 19.8. The van der Waals surface area contributed by atoms with Crippen molar-refractivity contribution in [3.8, 4) is 0 Å². The largest absolute Gasteiger partial charge is 0.274 e. The molecule has 1 heterocycles. The Morgan fingerprint density at radius 2 is 1.16 bits per heavy atom. The number of imide groups is 1. The molecule has 3 aliphatic carbocycles. The molecule has 2 atom stereocenters. The van der Waals surface area contributed by atoms with Crippen molar-refractivity contribution in [1.82, 2.24) is 0 Å². The van der Waals surface area contributed by atoms with E-state index in [1.807, 2.05) is 48.5 Å². The Bertz CT molecular complexity index is 1200. The Balaban J connectivity index is 1.65. The van der Waals surface area contributed by atoms with Crippen LogP contribution in [0.1, 0.15) is 22.3 Å². The number of rotatable bonds is 1. The van der Waals surface area contributed by atoms with Gasteiger partial charge in [-0.1, -0.05) is 60.1 Å². The van der Waals surface area contributed by atoms with Crippen molar-refractivity contribution >= 4 is 68.2 Å². The molecule has 7 rings (SSSR count). The third-order valence-electron chi connectivity index (χ3n) is 6.75. The van der Waals surface area contributed by atoms with E-state index in [1.54, 1.807) is 18.2 Å². The summed E-state index contributed by atoms with van der Waals surface area (Å²) >= 11 is 24.4. The van der Waals surface area contributed by atoms with Crippen molar-refractivity contribution < 1.29 is 9.59 Å². The highest BCUT2D eigenvalue weighted by molar-refractivity contribution is 9.10. The number of benzene rings is 3. The number of anilines is 1. The molecule has 0 unspecified atom stereocenters. The summed E-state index contributed by atoms with van der Waals surface area (Å²) in [7, 11) is 0. The predicted octanol–water partition coefficient (Wildman–Crippen LogP) is 6.20. The number of halogens is 4. The van der Waals surface area contributed by atoms with Crippen molar-refractivity contribution in [2.45, 2.75) is 9.75 Å². The molecule has 0 aromatic heterocycles. The molecule has 0 saturated carbocycles. The van der Waals surface area contributed by atoms with E-state index in [9.17, 15) is 9.59 Å². The zero-order valence-corrected chi connectivity index (χ0v) is 19.6. The summed E-state index contributed by atoms with van der Waals surface area (Å²) in [5, 5.41) is 0.406. The van der Waals surface area contributed by atoms with Crippen LogP contribution in [0.4, 0.5) is 5.69 Å². The number of amides is 2. The zero-order chi connectivity index (χ0) is 21.7. The van der Waals surface area contributed by atoms with Crippen LogP contribution in [0.2, 0.25) is 5.02 Å². The van der Waals surface area contributed by atoms with Gasteiger partial charge in [0.15, 0.2) is 0 Å². The van der Waals surface area contributed by atoms with E-state index in [4.69, 9.17) is 34.8 Å². The number of hydrogen-bond acceptors (Lipinski definition) is 2. The number of carbonyl (C=O) groups is 2. The van der Waals surface area contributed by atoms with Crippen LogP contribution in [0.5, 0.6) is 0 Å². The summed E-state index contributed by atoms with van der Waals surface area (Å²) in [6, 6.07) is 20.2. The van der Waals surface area contributed by atoms with Crippen molar-refractivity contribution in [2.24, 2.45) is 11.8 Å². The lowest BCUT2D eigenvalue weighted by molar-refractivity contribution is -0.122. The minimum Gasteiger partial charge on any atom is -0.274 e. The van der Waals surface area contributed by atoms with Gasteiger partial charge in [0.1, 0.15) is 9.75 Å². The Kier molecular flexibility index (Phi) is 4.06. The first-order valence-corrected chi connectivity index (χ1v) is 11.6. The standard InChI is InChI=1S/C24H13BrCl3NO2/c25-17-10-9-12(11-18(17)26)29-21(30)19-20(22(29)31)24(28)14-6-2-1-5-13(14)23(19,27)15-7-3-4-8-16(15)24/h1-11,19-20H/t19-,20+,23?,24?. The van der Waals surface area contributed by atoms with Crippen molar-refractivity contribution in [3.63, 3.8) is 0 Å². The lowest BCUT2D eigenvalue weighted by Gasteiger charge is -2.54. The van der Waals surface area contributed by atoms with Gasteiger partial charge in [-0.25, -0.2) is 4.90 Å². The van der Waals surface area contributed by atoms with Crippen LogP contribution in [0.25, 0.3) is 0 Å². The van der Waals surface area contributed by atoms with Crippen LogP contribution in [-0.4, -0.2) is 11.8 Å². The topological polar surface area (TPSA) is 37.4 Å². The molecule has 2 amide bonds. The zero-order valence-electron chi connectivity index (χ0n) is 15.8. The van der Waals surface area contributed by atoms with Gasteiger partial charge in [0.25, 0.3) is 0 Å². The summed E-state index contributed by atoms with van der Waals surface area (Å²) in [6.07, 6.45) is 0. The molecule has 1 fully saturated rings. The fourth-order valence-corrected chi connectivity index (χ4v) is 7.06. The SMILES string of the molecule is O=C1[C@@H]2[C@H](C(=O)N1c1ccc(Br)c(Cl)c1)C1(Cl)c3ccccc3C2(Cl)c2ccccc21. The summed E-state index contributed by atoms with van der Waals surface area (Å²) < 4.78 is 0.678. The molecule has 4 aliphatic rings. The molecule has 3 aromatic rings. The van der Waals surface area contributed by atoms with E-state index >= 15 is 0 Å². The summed E-state index contributed by atoms with van der Waals surface area (Å²) in [6.45, 7) is 0. The minimum absolute atomic E-state index is 0.363. The van der Waals surface area contributed by atoms with Gasteiger partial charge in [-0.2, -0.15) is 0 Å². The number of hydrogen-bond donors (Lipinski definition) is 0. The average molecular weight is 534 g/mol. The van der Waals surface area contributed by atoms with Gasteiger partial charge in [0.05, 0.1) is 22.5 Å². The van der Waals surface area contributed by atoms with Crippen LogP contribution in [0.3, 0.4) is 0 Å². The molecule has 3 aromatic carbocycles. The molecular formula is C24H13BrCl3NO2. The van der Waals surface area contributed by atoms with Crippen molar-refractivity contribution in [2.75, 3.05) is 4.90 Å². The van der Waals surface area contributed by atoms with Gasteiger partial charge in [-0.05, 0) is 56.4 Å². The maximum Gasteiger partial charge on any atom is 0.240 e. The molecule has 0 N–H and O–H groups in total. The highest BCUT2D eigenvalue weighted by atomic mass is 79.9. The molecule has 2 bridgehead atoms. The van der Waals surface area contributed by atoms with Gasteiger partial charge in [0.2, 0.25) is 11.8 Å². The first-order chi connectivity index (χ1) is 14.8. The predicted molar refractivity (Wildman–Crippen MR) is 125 cm³/mol. The quantitative estimate of drug-likeness (QED) is 0.276. The lowest BCUT2D eigenvalue weighted by Crippen LogP contribution is -2.57. The molecule has 1 saturated heterocycles.